The van der Waals surface area contributed by atoms with Crippen LogP contribution in [-0.4, -0.2) is 27.1 Å². The third-order valence-corrected chi connectivity index (χ3v) is 2.18. The minimum absolute atomic E-state index is 0.0942. The van der Waals surface area contributed by atoms with Crippen LogP contribution < -0.4 is 5.32 Å². The highest BCUT2D eigenvalue weighted by Crippen LogP contribution is 2.20. The fourth-order valence-electron chi connectivity index (χ4n) is 1.20. The molecule has 0 saturated carbocycles. The molecule has 0 spiro atoms. The molecule has 0 saturated heterocycles. The lowest BCUT2D eigenvalue weighted by molar-refractivity contribution is -0.115. The number of fused-ring (bicyclic) bond motifs is 1. The first kappa shape index (κ1) is 11.2. The Balaban J connectivity index is 2.32. The number of halogens is 4. The molecular formula is C8H6BrF3N4. The summed E-state index contributed by atoms with van der Waals surface area (Å²) in [6, 6.07) is 0. The lowest BCUT2D eigenvalue weighted by atomic mass is 10.5. The Morgan fingerprint density at radius 2 is 2.19 bits per heavy atom. The van der Waals surface area contributed by atoms with E-state index in [0.717, 1.165) is 0 Å². The number of alkyl halides is 3. The molecule has 0 aliphatic carbocycles. The van der Waals surface area contributed by atoms with Gasteiger partial charge in [0.15, 0.2) is 11.5 Å². The number of anilines is 1. The van der Waals surface area contributed by atoms with Crippen LogP contribution in [0.15, 0.2) is 23.2 Å². The van der Waals surface area contributed by atoms with Gasteiger partial charge in [-0.05, 0) is 15.9 Å². The predicted molar refractivity (Wildman–Crippen MR) is 55.2 cm³/mol. The molecule has 86 valence electrons. The summed E-state index contributed by atoms with van der Waals surface area (Å²) in [6.45, 7) is -1.14. The summed E-state index contributed by atoms with van der Waals surface area (Å²) in [6.07, 6.45) is 0.442. The third-order valence-electron chi connectivity index (χ3n) is 1.80. The van der Waals surface area contributed by atoms with Crippen molar-refractivity contribution in [3.63, 3.8) is 0 Å². The summed E-state index contributed by atoms with van der Waals surface area (Å²) in [4.78, 5) is 7.81. The fraction of sp³-hybridized carbons (Fsp3) is 0.250. The fourth-order valence-corrected chi connectivity index (χ4v) is 1.60. The smallest absolute Gasteiger partial charge is 0.358 e. The van der Waals surface area contributed by atoms with Gasteiger partial charge in [-0.2, -0.15) is 13.2 Å². The van der Waals surface area contributed by atoms with Gasteiger partial charge in [0, 0.05) is 18.6 Å². The Morgan fingerprint density at radius 1 is 1.44 bits per heavy atom. The van der Waals surface area contributed by atoms with Crippen LogP contribution in [0.1, 0.15) is 0 Å². The summed E-state index contributed by atoms with van der Waals surface area (Å²) in [7, 11) is 0. The molecule has 0 amide bonds. The van der Waals surface area contributed by atoms with Crippen LogP contribution >= 0.6 is 15.9 Å². The first-order chi connectivity index (χ1) is 7.46. The van der Waals surface area contributed by atoms with Crippen molar-refractivity contribution in [2.75, 3.05) is 11.9 Å². The van der Waals surface area contributed by atoms with Crippen LogP contribution in [0.4, 0.5) is 19.0 Å². The van der Waals surface area contributed by atoms with Crippen LogP contribution in [-0.2, 0) is 0 Å². The monoisotopic (exact) mass is 294 g/mol. The topological polar surface area (TPSA) is 42.2 Å². The number of hydrogen-bond acceptors (Lipinski definition) is 3. The van der Waals surface area contributed by atoms with Gasteiger partial charge in [-0.25, -0.2) is 9.97 Å². The second kappa shape index (κ2) is 3.93. The average molecular weight is 295 g/mol. The van der Waals surface area contributed by atoms with Crippen LogP contribution in [0, 0.1) is 0 Å². The highest BCUT2D eigenvalue weighted by molar-refractivity contribution is 9.10. The first-order valence-electron chi connectivity index (χ1n) is 4.25. The van der Waals surface area contributed by atoms with Crippen LogP contribution in [0.2, 0.25) is 0 Å². The molecule has 0 bridgehead atoms. The molecule has 0 fully saturated rings. The van der Waals surface area contributed by atoms with Gasteiger partial charge in [0.2, 0.25) is 0 Å². The zero-order valence-corrected chi connectivity index (χ0v) is 9.38. The SMILES string of the molecule is FC(F)(F)CNc1nc(Br)cn2ccnc12. The zero-order chi connectivity index (χ0) is 11.8. The van der Waals surface area contributed by atoms with E-state index in [0.29, 0.717) is 10.3 Å². The van der Waals surface area contributed by atoms with Gasteiger partial charge < -0.3 is 9.72 Å². The Kier molecular flexibility index (Phi) is 2.75. The molecule has 2 aromatic rings. The lowest BCUT2D eigenvalue weighted by Crippen LogP contribution is -2.22. The molecule has 2 rings (SSSR count). The Hall–Kier alpha value is -1.31. The summed E-state index contributed by atoms with van der Waals surface area (Å²) in [5.74, 6) is 0.0942. The number of aromatic nitrogens is 3. The van der Waals surface area contributed by atoms with E-state index >= 15 is 0 Å². The third kappa shape index (κ3) is 2.43. The molecule has 0 aromatic carbocycles. The van der Waals surface area contributed by atoms with Gasteiger partial charge in [0.25, 0.3) is 0 Å². The number of rotatable bonds is 2. The molecule has 4 nitrogen and oxygen atoms in total. The van der Waals surface area contributed by atoms with Crippen molar-refractivity contribution in [1.82, 2.24) is 14.4 Å². The van der Waals surface area contributed by atoms with E-state index in [1.165, 1.54) is 6.20 Å². The zero-order valence-electron chi connectivity index (χ0n) is 7.79. The minimum atomic E-state index is -4.28. The normalized spacial score (nSPS) is 12.0. The number of nitrogens with zero attached hydrogens (tertiary/aromatic N) is 3. The van der Waals surface area contributed by atoms with E-state index < -0.39 is 12.7 Å². The van der Waals surface area contributed by atoms with E-state index in [2.05, 4.69) is 31.2 Å². The Labute approximate surface area is 96.6 Å². The van der Waals surface area contributed by atoms with Crippen molar-refractivity contribution in [2.45, 2.75) is 6.18 Å². The van der Waals surface area contributed by atoms with Crippen LogP contribution in [0.25, 0.3) is 5.65 Å². The average Bonchev–Trinajstić information content (AvgIpc) is 2.60. The van der Waals surface area contributed by atoms with Gasteiger partial charge >= 0.3 is 6.18 Å². The second-order valence-electron chi connectivity index (χ2n) is 3.04. The van der Waals surface area contributed by atoms with Gasteiger partial charge in [0.1, 0.15) is 11.1 Å². The summed E-state index contributed by atoms with van der Waals surface area (Å²) in [5.41, 5.74) is 0.354. The molecule has 0 aliphatic rings. The Bertz CT molecular complexity index is 507. The maximum Gasteiger partial charge on any atom is 0.405 e. The van der Waals surface area contributed by atoms with Crippen molar-refractivity contribution in [2.24, 2.45) is 0 Å². The molecule has 16 heavy (non-hydrogen) atoms. The Morgan fingerprint density at radius 3 is 2.88 bits per heavy atom. The van der Waals surface area contributed by atoms with Crippen LogP contribution in [0.3, 0.4) is 0 Å². The maximum atomic E-state index is 12.0. The first-order valence-corrected chi connectivity index (χ1v) is 5.05. The molecule has 0 unspecified atom stereocenters. The molecule has 0 atom stereocenters. The molecule has 0 radical (unpaired) electrons. The van der Waals surface area contributed by atoms with Gasteiger partial charge in [-0.3, -0.25) is 0 Å². The standard InChI is InChI=1S/C8H6BrF3N4/c9-5-3-16-2-1-13-7(16)6(15-5)14-4-8(10,11)12/h1-3H,4H2,(H,14,15). The van der Waals surface area contributed by atoms with Crippen molar-refractivity contribution in [3.8, 4) is 0 Å². The molecule has 2 heterocycles. The van der Waals surface area contributed by atoms with Crippen LogP contribution in [0.5, 0.6) is 0 Å². The summed E-state index contributed by atoms with van der Waals surface area (Å²) < 4.78 is 38.1. The molecule has 1 N–H and O–H groups in total. The van der Waals surface area contributed by atoms with Gasteiger partial charge in [0.05, 0.1) is 0 Å². The highest BCUT2D eigenvalue weighted by Gasteiger charge is 2.27. The highest BCUT2D eigenvalue weighted by atomic mass is 79.9. The van der Waals surface area contributed by atoms with Crippen molar-refractivity contribution in [3.05, 3.63) is 23.2 Å². The van der Waals surface area contributed by atoms with E-state index in [4.69, 9.17) is 0 Å². The van der Waals surface area contributed by atoms with Crippen molar-refractivity contribution in [1.29, 1.82) is 0 Å². The lowest BCUT2D eigenvalue weighted by Gasteiger charge is -2.09. The molecule has 2 aromatic heterocycles. The van der Waals surface area contributed by atoms with E-state index in [1.54, 1.807) is 16.8 Å². The number of hydrogen-bond donors (Lipinski definition) is 1. The van der Waals surface area contributed by atoms with E-state index in [1.807, 2.05) is 0 Å². The summed E-state index contributed by atoms with van der Waals surface area (Å²) in [5, 5.41) is 2.21. The second-order valence-corrected chi connectivity index (χ2v) is 3.85. The summed E-state index contributed by atoms with van der Waals surface area (Å²) >= 11 is 3.11. The van der Waals surface area contributed by atoms with Crippen molar-refractivity contribution >= 4 is 27.4 Å². The number of nitrogens with one attached hydrogen (secondary N) is 1. The minimum Gasteiger partial charge on any atom is -0.358 e. The molecule has 0 aliphatic heterocycles. The van der Waals surface area contributed by atoms with E-state index in [-0.39, 0.29) is 5.82 Å². The van der Waals surface area contributed by atoms with Gasteiger partial charge in [-0.1, -0.05) is 0 Å². The molecule has 8 heteroatoms. The molecular weight excluding hydrogens is 289 g/mol. The van der Waals surface area contributed by atoms with E-state index in [9.17, 15) is 13.2 Å². The van der Waals surface area contributed by atoms with Crippen molar-refractivity contribution < 1.29 is 13.2 Å². The maximum absolute atomic E-state index is 12.0. The quantitative estimate of drug-likeness (QED) is 0.925. The number of imidazole rings is 1. The predicted octanol–water partition coefficient (Wildman–Crippen LogP) is 2.47. The van der Waals surface area contributed by atoms with Gasteiger partial charge in [-0.15, -0.1) is 0 Å². The largest absolute Gasteiger partial charge is 0.405 e.